The van der Waals surface area contributed by atoms with Crippen LogP contribution >= 0.6 is 23.4 Å². The third-order valence-corrected chi connectivity index (χ3v) is 3.97. The normalized spacial score (nSPS) is 10.5. The Morgan fingerprint density at radius 1 is 1.35 bits per heavy atom. The highest BCUT2D eigenvalue weighted by Gasteiger charge is 2.17. The summed E-state index contributed by atoms with van der Waals surface area (Å²) in [6.07, 6.45) is 0. The van der Waals surface area contributed by atoms with Gasteiger partial charge in [-0.25, -0.2) is 0 Å². The van der Waals surface area contributed by atoms with Crippen LogP contribution in [0.5, 0.6) is 0 Å². The highest BCUT2D eigenvalue weighted by atomic mass is 35.5. The van der Waals surface area contributed by atoms with Crippen LogP contribution < -0.4 is 5.73 Å². The van der Waals surface area contributed by atoms with Gasteiger partial charge in [-0.15, -0.1) is 11.8 Å². The molecule has 0 heterocycles. The summed E-state index contributed by atoms with van der Waals surface area (Å²) >= 11 is 7.14. The molecule has 20 heavy (non-hydrogen) atoms. The van der Waals surface area contributed by atoms with Gasteiger partial charge in [0.1, 0.15) is 0 Å². The van der Waals surface area contributed by atoms with Gasteiger partial charge in [0.15, 0.2) is 0 Å². The van der Waals surface area contributed by atoms with E-state index in [-0.39, 0.29) is 11.3 Å². The van der Waals surface area contributed by atoms with Crippen molar-refractivity contribution in [3.63, 3.8) is 0 Å². The minimum absolute atomic E-state index is 0.234. The highest BCUT2D eigenvalue weighted by Crippen LogP contribution is 2.32. The molecule has 2 N–H and O–H groups in total. The van der Waals surface area contributed by atoms with Crippen molar-refractivity contribution in [2.75, 3.05) is 5.73 Å². The number of nitro benzene ring substituents is 1. The first-order valence-electron chi connectivity index (χ1n) is 5.58. The Hall–Kier alpha value is -1.79. The van der Waals surface area contributed by atoms with Crippen molar-refractivity contribution >= 4 is 34.7 Å². The molecule has 0 saturated carbocycles. The molecule has 0 aliphatic heterocycles. The van der Waals surface area contributed by atoms with Gasteiger partial charge >= 0.3 is 5.69 Å². The molecule has 7 heteroatoms. The average Bonchev–Trinajstić information content (AvgIpc) is 2.41. The molecule has 0 aromatic heterocycles. The number of nitro groups is 1. The van der Waals surface area contributed by atoms with Crippen LogP contribution in [-0.2, 0) is 5.75 Å². The Labute approximate surface area is 123 Å². The molecule has 2 aromatic carbocycles. The largest absolute Gasteiger partial charge is 0.398 e. The van der Waals surface area contributed by atoms with E-state index in [1.807, 2.05) is 0 Å². The SMILES string of the molecule is Nc1ccc(Cl)cc1SCc1cccc([N+](=O)[O-])c1F. The molecule has 0 bridgehead atoms. The minimum atomic E-state index is -0.814. The van der Waals surface area contributed by atoms with E-state index >= 15 is 0 Å². The minimum Gasteiger partial charge on any atom is -0.398 e. The van der Waals surface area contributed by atoms with Crippen molar-refractivity contribution < 1.29 is 9.31 Å². The number of hydrogen-bond acceptors (Lipinski definition) is 4. The van der Waals surface area contributed by atoms with Gasteiger partial charge in [0, 0.05) is 33.0 Å². The second kappa shape index (κ2) is 6.11. The zero-order chi connectivity index (χ0) is 14.7. The number of halogens is 2. The summed E-state index contributed by atoms with van der Waals surface area (Å²) in [7, 11) is 0. The van der Waals surface area contributed by atoms with Crippen LogP contribution in [0.25, 0.3) is 0 Å². The average molecular weight is 313 g/mol. The van der Waals surface area contributed by atoms with Crippen LogP contribution in [0.1, 0.15) is 5.56 Å². The molecule has 0 spiro atoms. The molecule has 4 nitrogen and oxygen atoms in total. The van der Waals surface area contributed by atoms with Gasteiger partial charge in [-0.3, -0.25) is 10.1 Å². The Bertz CT molecular complexity index is 667. The number of thioether (sulfide) groups is 1. The zero-order valence-electron chi connectivity index (χ0n) is 10.2. The Morgan fingerprint density at radius 2 is 2.10 bits per heavy atom. The zero-order valence-corrected chi connectivity index (χ0v) is 11.7. The molecule has 2 rings (SSSR count). The number of rotatable bonds is 4. The van der Waals surface area contributed by atoms with Gasteiger partial charge in [0.2, 0.25) is 5.82 Å². The van der Waals surface area contributed by atoms with Gasteiger partial charge < -0.3 is 5.73 Å². The first kappa shape index (κ1) is 14.6. The van der Waals surface area contributed by atoms with Crippen molar-refractivity contribution in [2.45, 2.75) is 10.6 Å². The van der Waals surface area contributed by atoms with Crippen molar-refractivity contribution in [1.82, 2.24) is 0 Å². The maximum atomic E-state index is 13.9. The van der Waals surface area contributed by atoms with E-state index in [1.54, 1.807) is 18.2 Å². The number of nitrogen functional groups attached to an aromatic ring is 1. The van der Waals surface area contributed by atoms with Gasteiger partial charge in [0.25, 0.3) is 0 Å². The number of nitrogens with two attached hydrogens (primary N) is 1. The molecule has 0 aliphatic carbocycles. The van der Waals surface area contributed by atoms with Crippen LogP contribution in [0.2, 0.25) is 5.02 Å². The van der Waals surface area contributed by atoms with E-state index in [1.165, 1.54) is 23.9 Å². The molecular formula is C13H10ClFN2O2S. The van der Waals surface area contributed by atoms with Crippen molar-refractivity contribution in [3.8, 4) is 0 Å². The van der Waals surface area contributed by atoms with E-state index < -0.39 is 16.4 Å². The second-order valence-electron chi connectivity index (χ2n) is 3.98. The molecule has 2 aromatic rings. The summed E-state index contributed by atoms with van der Waals surface area (Å²) in [5.41, 5.74) is 6.05. The number of benzene rings is 2. The van der Waals surface area contributed by atoms with E-state index in [0.717, 1.165) is 6.07 Å². The summed E-state index contributed by atoms with van der Waals surface area (Å²) < 4.78 is 13.9. The highest BCUT2D eigenvalue weighted by molar-refractivity contribution is 7.98. The fourth-order valence-corrected chi connectivity index (χ4v) is 2.82. The summed E-state index contributed by atoms with van der Waals surface area (Å²) in [6, 6.07) is 9.10. The molecule has 0 radical (unpaired) electrons. The molecule has 0 unspecified atom stereocenters. The topological polar surface area (TPSA) is 69.2 Å². The van der Waals surface area contributed by atoms with Crippen LogP contribution in [0.4, 0.5) is 15.8 Å². The van der Waals surface area contributed by atoms with Crippen molar-refractivity contribution in [3.05, 3.63) is 62.9 Å². The van der Waals surface area contributed by atoms with Gasteiger partial charge in [-0.2, -0.15) is 4.39 Å². The quantitative estimate of drug-likeness (QED) is 0.396. The predicted molar refractivity (Wildman–Crippen MR) is 78.5 cm³/mol. The molecule has 0 aliphatic rings. The molecule has 0 atom stereocenters. The predicted octanol–water partition coefficient (Wildman–Crippen LogP) is 4.26. The lowest BCUT2D eigenvalue weighted by atomic mass is 10.2. The monoisotopic (exact) mass is 312 g/mol. The van der Waals surface area contributed by atoms with E-state index in [4.69, 9.17) is 17.3 Å². The summed E-state index contributed by atoms with van der Waals surface area (Å²) in [5, 5.41) is 11.2. The second-order valence-corrected chi connectivity index (χ2v) is 5.43. The lowest BCUT2D eigenvalue weighted by Crippen LogP contribution is -1.96. The lowest BCUT2D eigenvalue weighted by Gasteiger charge is -2.07. The first-order valence-corrected chi connectivity index (χ1v) is 6.95. The summed E-state index contributed by atoms with van der Waals surface area (Å²) in [6.45, 7) is 0. The molecule has 0 amide bonds. The van der Waals surface area contributed by atoms with Crippen LogP contribution in [0, 0.1) is 15.9 Å². The maximum absolute atomic E-state index is 13.9. The Balaban J connectivity index is 2.21. The van der Waals surface area contributed by atoms with Crippen LogP contribution in [0.3, 0.4) is 0 Å². The summed E-state index contributed by atoms with van der Waals surface area (Å²) in [4.78, 5) is 10.6. The smallest absolute Gasteiger partial charge is 0.305 e. The fraction of sp³-hybridized carbons (Fsp3) is 0.0769. The Kier molecular flexibility index (Phi) is 4.46. The van der Waals surface area contributed by atoms with Crippen LogP contribution in [0.15, 0.2) is 41.3 Å². The number of anilines is 1. The molecule has 0 fully saturated rings. The van der Waals surface area contributed by atoms with Gasteiger partial charge in [-0.05, 0) is 18.2 Å². The van der Waals surface area contributed by atoms with E-state index in [2.05, 4.69) is 0 Å². The van der Waals surface area contributed by atoms with Crippen molar-refractivity contribution in [2.24, 2.45) is 0 Å². The number of hydrogen-bond donors (Lipinski definition) is 1. The van der Waals surface area contributed by atoms with E-state index in [0.29, 0.717) is 15.6 Å². The van der Waals surface area contributed by atoms with E-state index in [9.17, 15) is 14.5 Å². The Morgan fingerprint density at radius 3 is 2.80 bits per heavy atom. The van der Waals surface area contributed by atoms with Crippen molar-refractivity contribution in [1.29, 1.82) is 0 Å². The maximum Gasteiger partial charge on any atom is 0.305 e. The number of nitrogens with zero attached hydrogens (tertiary/aromatic N) is 1. The molecule has 104 valence electrons. The standard InChI is InChI=1S/C13H10ClFN2O2S/c14-9-4-5-10(16)12(6-9)20-7-8-2-1-3-11(13(8)15)17(18)19/h1-6H,7,16H2. The third-order valence-electron chi connectivity index (χ3n) is 2.61. The first-order chi connectivity index (χ1) is 9.49. The summed E-state index contributed by atoms with van der Waals surface area (Å²) in [5.74, 6) is -0.580. The van der Waals surface area contributed by atoms with Gasteiger partial charge in [0.05, 0.1) is 4.92 Å². The third kappa shape index (κ3) is 3.20. The fourth-order valence-electron chi connectivity index (χ4n) is 1.61. The van der Waals surface area contributed by atoms with Gasteiger partial charge in [-0.1, -0.05) is 23.7 Å². The molecule has 0 saturated heterocycles. The molecular weight excluding hydrogens is 303 g/mol. The lowest BCUT2D eigenvalue weighted by molar-refractivity contribution is -0.387. The van der Waals surface area contributed by atoms with Crippen LogP contribution in [-0.4, -0.2) is 4.92 Å².